The normalized spacial score (nSPS) is 10.3. The smallest absolute Gasteiger partial charge is 0.344 e. The first-order valence-electron chi connectivity index (χ1n) is 9.19. The zero-order chi connectivity index (χ0) is 22.3. The van der Waals surface area contributed by atoms with Gasteiger partial charge in [-0.3, -0.25) is 14.9 Å². The van der Waals surface area contributed by atoms with Gasteiger partial charge in [0.25, 0.3) is 5.91 Å². The predicted molar refractivity (Wildman–Crippen MR) is 106 cm³/mol. The number of hydrogen-bond acceptors (Lipinski definition) is 8. The molecule has 1 heterocycles. The highest BCUT2D eigenvalue weighted by Gasteiger charge is 2.28. The molecule has 0 saturated heterocycles. The van der Waals surface area contributed by atoms with Gasteiger partial charge in [-0.05, 0) is 39.3 Å². The Kier molecular flexibility index (Phi) is 7.74. The Morgan fingerprint density at radius 2 is 1.70 bits per heavy atom. The van der Waals surface area contributed by atoms with Crippen molar-refractivity contribution < 1.29 is 37.8 Å². The summed E-state index contributed by atoms with van der Waals surface area (Å²) in [6.07, 6.45) is 0. The van der Waals surface area contributed by atoms with Gasteiger partial charge in [0.05, 0.1) is 12.2 Å². The third-order valence-electron chi connectivity index (χ3n) is 3.97. The van der Waals surface area contributed by atoms with E-state index in [4.69, 9.17) is 18.6 Å². The maximum Gasteiger partial charge on any atom is 0.344 e. The average molecular weight is 417 g/mol. The zero-order valence-corrected chi connectivity index (χ0v) is 17.2. The highest BCUT2D eigenvalue weighted by Crippen LogP contribution is 2.28. The molecule has 0 aliphatic rings. The number of aryl methyl sites for hydroxylation is 2. The number of nitrogens with one attached hydrogen (secondary N) is 1. The summed E-state index contributed by atoms with van der Waals surface area (Å²) < 4.78 is 20.5. The third kappa shape index (κ3) is 5.69. The second-order valence-electron chi connectivity index (χ2n) is 6.28. The van der Waals surface area contributed by atoms with Crippen molar-refractivity contribution in [2.45, 2.75) is 27.7 Å². The van der Waals surface area contributed by atoms with Gasteiger partial charge in [0.2, 0.25) is 5.88 Å². The molecular weight excluding hydrogens is 394 g/mol. The van der Waals surface area contributed by atoms with Crippen molar-refractivity contribution >= 4 is 29.5 Å². The van der Waals surface area contributed by atoms with Crippen LogP contribution in [0.25, 0.3) is 0 Å². The van der Waals surface area contributed by atoms with Gasteiger partial charge in [0, 0.05) is 0 Å². The Bertz CT molecular complexity index is 960. The minimum atomic E-state index is -0.807. The molecule has 0 fully saturated rings. The number of Topliss-reactive ketones (excluding diaryl/α,β-unsaturated/α-hetero) is 1. The Hall–Kier alpha value is -3.62. The van der Waals surface area contributed by atoms with Crippen molar-refractivity contribution in [3.8, 4) is 5.75 Å². The molecule has 9 nitrogen and oxygen atoms in total. The fourth-order valence-corrected chi connectivity index (χ4v) is 2.66. The Morgan fingerprint density at radius 3 is 2.33 bits per heavy atom. The largest absolute Gasteiger partial charge is 0.482 e. The van der Waals surface area contributed by atoms with Gasteiger partial charge in [0.15, 0.2) is 19.0 Å². The number of carbonyl (C=O) groups excluding carboxylic acids is 4. The van der Waals surface area contributed by atoms with Crippen LogP contribution in [0.3, 0.4) is 0 Å². The second kappa shape index (κ2) is 10.2. The first kappa shape index (κ1) is 22.7. The molecule has 2 aromatic rings. The van der Waals surface area contributed by atoms with Crippen LogP contribution in [0, 0.1) is 13.8 Å². The molecule has 160 valence electrons. The second-order valence-corrected chi connectivity index (χ2v) is 6.28. The SMILES string of the molecule is CCOC(=O)c1c(NC(=O)COC(=O)COc2ccccc2C)oc(C)c1C(C)=O. The van der Waals surface area contributed by atoms with Crippen LogP contribution in [0.15, 0.2) is 28.7 Å². The van der Waals surface area contributed by atoms with Gasteiger partial charge in [-0.15, -0.1) is 0 Å². The van der Waals surface area contributed by atoms with Crippen LogP contribution in [0.4, 0.5) is 5.88 Å². The van der Waals surface area contributed by atoms with E-state index in [-0.39, 0.29) is 36.0 Å². The number of ketones is 1. The van der Waals surface area contributed by atoms with Crippen LogP contribution >= 0.6 is 0 Å². The third-order valence-corrected chi connectivity index (χ3v) is 3.97. The number of esters is 2. The molecule has 0 spiro atoms. The van der Waals surface area contributed by atoms with Crippen molar-refractivity contribution in [1.29, 1.82) is 0 Å². The molecule has 1 aromatic heterocycles. The molecule has 1 aromatic carbocycles. The standard InChI is InChI=1S/C21H23NO8/c1-5-27-21(26)19-18(13(3)23)14(4)30-20(19)22-16(24)10-29-17(25)11-28-15-9-7-6-8-12(15)2/h6-9H,5,10-11H2,1-4H3,(H,22,24). The number of rotatable bonds is 9. The lowest BCUT2D eigenvalue weighted by molar-refractivity contribution is -0.149. The molecular formula is C21H23NO8. The van der Waals surface area contributed by atoms with E-state index in [0.29, 0.717) is 5.75 Å². The Morgan fingerprint density at radius 1 is 1.00 bits per heavy atom. The van der Waals surface area contributed by atoms with Gasteiger partial charge < -0.3 is 18.6 Å². The summed E-state index contributed by atoms with van der Waals surface area (Å²) in [5.74, 6) is -2.29. The lowest BCUT2D eigenvalue weighted by Gasteiger charge is -2.09. The quantitative estimate of drug-likeness (QED) is 0.488. The summed E-state index contributed by atoms with van der Waals surface area (Å²) in [5.41, 5.74) is 0.695. The van der Waals surface area contributed by atoms with Crippen molar-refractivity contribution in [3.05, 3.63) is 46.7 Å². The summed E-state index contributed by atoms with van der Waals surface area (Å²) in [7, 11) is 0. The fourth-order valence-electron chi connectivity index (χ4n) is 2.66. The average Bonchev–Trinajstić information content (AvgIpc) is 3.01. The Balaban J connectivity index is 1.98. The molecule has 0 aliphatic heterocycles. The lowest BCUT2D eigenvalue weighted by atomic mass is 10.1. The molecule has 0 radical (unpaired) electrons. The number of amides is 1. The highest BCUT2D eigenvalue weighted by molar-refractivity contribution is 6.10. The first-order valence-corrected chi connectivity index (χ1v) is 9.19. The Labute approximate surface area is 173 Å². The summed E-state index contributed by atoms with van der Waals surface area (Å²) >= 11 is 0. The van der Waals surface area contributed by atoms with Crippen molar-refractivity contribution in [3.63, 3.8) is 0 Å². The summed E-state index contributed by atoms with van der Waals surface area (Å²) in [4.78, 5) is 48.0. The topological polar surface area (TPSA) is 121 Å². The van der Waals surface area contributed by atoms with Crippen LogP contribution in [-0.2, 0) is 19.1 Å². The molecule has 0 unspecified atom stereocenters. The van der Waals surface area contributed by atoms with Crippen LogP contribution in [-0.4, -0.2) is 43.4 Å². The maximum absolute atomic E-state index is 12.2. The number of ether oxygens (including phenoxy) is 3. The zero-order valence-electron chi connectivity index (χ0n) is 17.2. The molecule has 0 bridgehead atoms. The first-order chi connectivity index (χ1) is 14.2. The van der Waals surface area contributed by atoms with E-state index in [9.17, 15) is 19.2 Å². The lowest BCUT2D eigenvalue weighted by Crippen LogP contribution is -2.24. The van der Waals surface area contributed by atoms with Crippen LogP contribution in [0.5, 0.6) is 5.75 Å². The van der Waals surface area contributed by atoms with Gasteiger partial charge in [0.1, 0.15) is 17.1 Å². The highest BCUT2D eigenvalue weighted by atomic mass is 16.6. The van der Waals surface area contributed by atoms with Gasteiger partial charge in [-0.2, -0.15) is 0 Å². The molecule has 0 aliphatic carbocycles. The monoisotopic (exact) mass is 417 g/mol. The number of furan rings is 1. The van der Waals surface area contributed by atoms with Crippen molar-refractivity contribution in [2.24, 2.45) is 0 Å². The molecule has 1 N–H and O–H groups in total. The van der Waals surface area contributed by atoms with Crippen molar-refractivity contribution in [2.75, 3.05) is 25.1 Å². The predicted octanol–water partition coefficient (Wildman–Crippen LogP) is 2.84. The summed E-state index contributed by atoms with van der Waals surface area (Å²) in [5, 5.41) is 2.33. The van der Waals surface area contributed by atoms with Crippen LogP contribution in [0.1, 0.15) is 45.9 Å². The molecule has 1 amide bonds. The fraction of sp³-hybridized carbons (Fsp3) is 0.333. The molecule has 9 heteroatoms. The summed E-state index contributed by atoms with van der Waals surface area (Å²) in [6.45, 7) is 5.26. The number of carbonyl (C=O) groups is 4. The number of para-hydroxylation sites is 1. The van der Waals surface area contributed by atoms with Gasteiger partial charge in [-0.1, -0.05) is 18.2 Å². The molecule has 0 saturated carbocycles. The van der Waals surface area contributed by atoms with Gasteiger partial charge in [-0.25, -0.2) is 9.59 Å². The van der Waals surface area contributed by atoms with E-state index in [2.05, 4.69) is 5.32 Å². The number of benzene rings is 1. The number of hydrogen-bond donors (Lipinski definition) is 1. The summed E-state index contributed by atoms with van der Waals surface area (Å²) in [6, 6.07) is 7.14. The van der Waals surface area contributed by atoms with Crippen LogP contribution < -0.4 is 10.1 Å². The van der Waals surface area contributed by atoms with E-state index in [1.807, 2.05) is 19.1 Å². The molecule has 30 heavy (non-hydrogen) atoms. The molecule has 0 atom stereocenters. The van der Waals surface area contributed by atoms with E-state index in [1.165, 1.54) is 13.8 Å². The maximum atomic E-state index is 12.2. The van der Waals surface area contributed by atoms with Gasteiger partial charge >= 0.3 is 11.9 Å². The van der Waals surface area contributed by atoms with E-state index in [1.54, 1.807) is 19.1 Å². The number of anilines is 1. The van der Waals surface area contributed by atoms with E-state index >= 15 is 0 Å². The van der Waals surface area contributed by atoms with Crippen LogP contribution in [0.2, 0.25) is 0 Å². The van der Waals surface area contributed by atoms with E-state index in [0.717, 1.165) is 5.56 Å². The minimum absolute atomic E-state index is 0.0207. The van der Waals surface area contributed by atoms with Crippen molar-refractivity contribution in [1.82, 2.24) is 0 Å². The van der Waals surface area contributed by atoms with E-state index < -0.39 is 30.2 Å². The minimum Gasteiger partial charge on any atom is -0.482 e. The molecule has 2 rings (SSSR count).